The molecule has 0 aliphatic carbocycles. The molecule has 1 N–H and O–H groups in total. The van der Waals surface area contributed by atoms with Crippen LogP contribution in [0.25, 0.3) is 0 Å². The van der Waals surface area contributed by atoms with Gasteiger partial charge in [0.25, 0.3) is 0 Å². The average molecular weight is 349 g/mol. The van der Waals surface area contributed by atoms with Crippen molar-refractivity contribution >= 4 is 22.4 Å². The van der Waals surface area contributed by atoms with E-state index in [2.05, 4.69) is 5.32 Å². The van der Waals surface area contributed by atoms with Crippen molar-refractivity contribution in [2.45, 2.75) is 36.6 Å². The quantitative estimate of drug-likeness (QED) is 0.912. The highest BCUT2D eigenvalue weighted by atomic mass is 35.5. The molecule has 2 saturated heterocycles. The van der Waals surface area contributed by atoms with Gasteiger partial charge in [-0.05, 0) is 62.4 Å². The van der Waals surface area contributed by atoms with E-state index in [-0.39, 0.29) is 17.3 Å². The van der Waals surface area contributed by atoms with Gasteiger partial charge in [-0.1, -0.05) is 0 Å². The van der Waals surface area contributed by atoms with Crippen molar-refractivity contribution in [3.8, 4) is 0 Å². The van der Waals surface area contributed by atoms with Crippen LogP contribution in [0.4, 0.5) is 4.39 Å². The first-order valence-corrected chi connectivity index (χ1v) is 9.00. The monoisotopic (exact) mass is 348 g/mol. The molecule has 7 heteroatoms. The lowest BCUT2D eigenvalue weighted by Crippen LogP contribution is -2.43. The van der Waals surface area contributed by atoms with Gasteiger partial charge in [-0.25, -0.2) is 12.8 Å². The van der Waals surface area contributed by atoms with E-state index in [9.17, 15) is 12.8 Å². The Labute approximate surface area is 137 Å². The highest BCUT2D eigenvalue weighted by Gasteiger charge is 2.33. The second-order valence-electron chi connectivity index (χ2n) is 5.90. The summed E-state index contributed by atoms with van der Waals surface area (Å²) in [4.78, 5) is 0.182. The van der Waals surface area contributed by atoms with Crippen molar-refractivity contribution in [1.29, 1.82) is 0 Å². The number of nitrogens with zero attached hydrogens (tertiary/aromatic N) is 1. The van der Waals surface area contributed by atoms with Crippen LogP contribution in [0.3, 0.4) is 0 Å². The molecule has 2 fully saturated rings. The molecule has 22 heavy (non-hydrogen) atoms. The second-order valence-corrected chi connectivity index (χ2v) is 7.84. The third kappa shape index (κ3) is 3.62. The van der Waals surface area contributed by atoms with Gasteiger partial charge < -0.3 is 5.32 Å². The minimum atomic E-state index is -3.48. The highest BCUT2D eigenvalue weighted by molar-refractivity contribution is 7.89. The Morgan fingerprint density at radius 2 is 1.73 bits per heavy atom. The first-order valence-electron chi connectivity index (χ1n) is 7.56. The smallest absolute Gasteiger partial charge is 0.243 e. The van der Waals surface area contributed by atoms with Crippen molar-refractivity contribution in [3.63, 3.8) is 0 Å². The largest absolute Gasteiger partial charge is 0.314 e. The second kappa shape index (κ2) is 7.25. The molecule has 4 nitrogen and oxygen atoms in total. The lowest BCUT2D eigenvalue weighted by molar-refractivity contribution is 0.234. The van der Waals surface area contributed by atoms with E-state index < -0.39 is 15.8 Å². The molecular weight excluding hydrogens is 327 g/mol. The molecule has 0 aromatic heterocycles. The molecule has 0 saturated carbocycles. The van der Waals surface area contributed by atoms with Gasteiger partial charge >= 0.3 is 0 Å². The molecule has 1 aromatic rings. The minimum absolute atomic E-state index is 0. The SMILES string of the molecule is Cl.O=S(=O)(c1ccc(F)cc1)N1CCC(C2CCCN2)CC1. The van der Waals surface area contributed by atoms with Gasteiger partial charge in [0.2, 0.25) is 10.0 Å². The van der Waals surface area contributed by atoms with Crippen LogP contribution in [0.2, 0.25) is 0 Å². The zero-order valence-corrected chi connectivity index (χ0v) is 14.0. The third-order valence-electron chi connectivity index (χ3n) is 4.62. The van der Waals surface area contributed by atoms with Crippen LogP contribution in [0, 0.1) is 11.7 Å². The molecular formula is C15H22ClFN2O2S. The Balaban J connectivity index is 0.00000176. The van der Waals surface area contributed by atoms with Gasteiger partial charge in [0.1, 0.15) is 5.82 Å². The van der Waals surface area contributed by atoms with Crippen molar-refractivity contribution in [1.82, 2.24) is 9.62 Å². The van der Waals surface area contributed by atoms with Crippen LogP contribution in [-0.4, -0.2) is 38.4 Å². The van der Waals surface area contributed by atoms with E-state index in [0.29, 0.717) is 25.0 Å². The molecule has 0 amide bonds. The summed E-state index contributed by atoms with van der Waals surface area (Å²) in [6.07, 6.45) is 4.23. The van der Waals surface area contributed by atoms with Crippen molar-refractivity contribution < 1.29 is 12.8 Å². The van der Waals surface area contributed by atoms with E-state index >= 15 is 0 Å². The zero-order chi connectivity index (χ0) is 14.9. The summed E-state index contributed by atoms with van der Waals surface area (Å²) in [5.41, 5.74) is 0. The first kappa shape index (κ1) is 17.7. The van der Waals surface area contributed by atoms with E-state index in [0.717, 1.165) is 19.4 Å². The molecule has 1 atom stereocenters. The normalized spacial score (nSPS) is 24.1. The van der Waals surface area contributed by atoms with E-state index in [1.165, 1.54) is 41.4 Å². The maximum absolute atomic E-state index is 12.9. The number of piperidine rings is 1. The number of nitrogens with one attached hydrogen (secondary N) is 1. The average Bonchev–Trinajstić information content (AvgIpc) is 3.02. The molecule has 1 aromatic carbocycles. The van der Waals surface area contributed by atoms with Gasteiger partial charge in [0.05, 0.1) is 4.90 Å². The van der Waals surface area contributed by atoms with Crippen LogP contribution < -0.4 is 5.32 Å². The van der Waals surface area contributed by atoms with Crippen LogP contribution >= 0.6 is 12.4 Å². The number of sulfonamides is 1. The summed E-state index contributed by atoms with van der Waals surface area (Å²) in [7, 11) is -3.48. The molecule has 2 heterocycles. The molecule has 2 aliphatic heterocycles. The Morgan fingerprint density at radius 1 is 1.09 bits per heavy atom. The third-order valence-corrected chi connectivity index (χ3v) is 6.53. The lowest BCUT2D eigenvalue weighted by atomic mass is 9.89. The number of rotatable bonds is 3. The van der Waals surface area contributed by atoms with E-state index in [1.807, 2.05) is 0 Å². The maximum Gasteiger partial charge on any atom is 0.243 e. The van der Waals surface area contributed by atoms with Crippen molar-refractivity contribution in [3.05, 3.63) is 30.1 Å². The number of halogens is 2. The summed E-state index contributed by atoms with van der Waals surface area (Å²) < 4.78 is 39.5. The summed E-state index contributed by atoms with van der Waals surface area (Å²) in [6.45, 7) is 2.20. The van der Waals surface area contributed by atoms with Crippen molar-refractivity contribution in [2.24, 2.45) is 5.92 Å². The molecule has 1 unspecified atom stereocenters. The molecule has 0 bridgehead atoms. The fraction of sp³-hybridized carbons (Fsp3) is 0.600. The number of benzene rings is 1. The molecule has 2 aliphatic rings. The Morgan fingerprint density at radius 3 is 2.27 bits per heavy atom. The molecule has 0 spiro atoms. The predicted molar refractivity (Wildman–Crippen MR) is 86.2 cm³/mol. The van der Waals surface area contributed by atoms with Gasteiger partial charge in [-0.2, -0.15) is 4.31 Å². The number of hydrogen-bond donors (Lipinski definition) is 1. The Bertz CT molecular complexity index is 580. The fourth-order valence-corrected chi connectivity index (χ4v) is 4.86. The van der Waals surface area contributed by atoms with Gasteiger partial charge in [-0.15, -0.1) is 12.4 Å². The molecule has 3 rings (SSSR count). The Kier molecular flexibility index (Phi) is 5.82. The van der Waals surface area contributed by atoms with Crippen LogP contribution in [0.15, 0.2) is 29.2 Å². The summed E-state index contributed by atoms with van der Waals surface area (Å²) in [5, 5.41) is 3.51. The standard InChI is InChI=1S/C15H21FN2O2S.ClH/c16-13-3-5-14(6-4-13)21(19,20)18-10-7-12(8-11-18)15-2-1-9-17-15;/h3-6,12,15,17H,1-2,7-11H2;1H. The Hall–Kier alpha value is -0.690. The lowest BCUT2D eigenvalue weighted by Gasteiger charge is -2.34. The number of hydrogen-bond acceptors (Lipinski definition) is 3. The fourth-order valence-electron chi connectivity index (χ4n) is 3.39. The maximum atomic E-state index is 12.9. The van der Waals surface area contributed by atoms with Crippen LogP contribution in [-0.2, 0) is 10.0 Å². The van der Waals surface area contributed by atoms with Gasteiger partial charge in [-0.3, -0.25) is 0 Å². The summed E-state index contributed by atoms with van der Waals surface area (Å²) in [5.74, 6) is 0.159. The van der Waals surface area contributed by atoms with Gasteiger partial charge in [0, 0.05) is 19.1 Å². The summed E-state index contributed by atoms with van der Waals surface area (Å²) >= 11 is 0. The van der Waals surface area contributed by atoms with Crippen LogP contribution in [0.1, 0.15) is 25.7 Å². The zero-order valence-electron chi connectivity index (χ0n) is 12.4. The van der Waals surface area contributed by atoms with E-state index in [4.69, 9.17) is 0 Å². The van der Waals surface area contributed by atoms with Crippen LogP contribution in [0.5, 0.6) is 0 Å². The predicted octanol–water partition coefficient (Wildman–Crippen LogP) is 2.40. The summed E-state index contributed by atoms with van der Waals surface area (Å²) in [6, 6.07) is 5.63. The minimum Gasteiger partial charge on any atom is -0.314 e. The van der Waals surface area contributed by atoms with E-state index in [1.54, 1.807) is 0 Å². The topological polar surface area (TPSA) is 49.4 Å². The van der Waals surface area contributed by atoms with Gasteiger partial charge in [0.15, 0.2) is 0 Å². The first-order chi connectivity index (χ1) is 10.1. The highest BCUT2D eigenvalue weighted by Crippen LogP contribution is 2.28. The van der Waals surface area contributed by atoms with Crippen molar-refractivity contribution in [2.75, 3.05) is 19.6 Å². The molecule has 124 valence electrons. The molecule has 0 radical (unpaired) electrons.